The van der Waals surface area contributed by atoms with Crippen LogP contribution in [0.1, 0.15) is 29.6 Å². The van der Waals surface area contributed by atoms with Gasteiger partial charge in [0.05, 0.1) is 19.8 Å². The van der Waals surface area contributed by atoms with E-state index < -0.39 is 0 Å². The van der Waals surface area contributed by atoms with Gasteiger partial charge in [0.1, 0.15) is 11.5 Å². The summed E-state index contributed by atoms with van der Waals surface area (Å²) in [5.74, 6) is 3.27. The van der Waals surface area contributed by atoms with Crippen LogP contribution in [0.15, 0.2) is 16.6 Å². The summed E-state index contributed by atoms with van der Waals surface area (Å²) in [6, 6.07) is 3.60. The molecule has 2 atom stereocenters. The molecule has 2 fully saturated rings. The van der Waals surface area contributed by atoms with Crippen LogP contribution in [-0.2, 0) is 0 Å². The van der Waals surface area contributed by atoms with E-state index in [9.17, 15) is 4.79 Å². The Morgan fingerprint density at radius 3 is 2.42 bits per heavy atom. The molecule has 0 N–H and O–H groups in total. The molecule has 0 aromatic heterocycles. The summed E-state index contributed by atoms with van der Waals surface area (Å²) in [4.78, 5) is 12.7. The van der Waals surface area contributed by atoms with Crippen molar-refractivity contribution >= 4 is 21.7 Å². The minimum atomic E-state index is 0.169. The number of ether oxygens (including phenoxy) is 2. The van der Waals surface area contributed by atoms with Crippen LogP contribution in [0.2, 0.25) is 0 Å². The van der Waals surface area contributed by atoms with E-state index in [1.165, 1.54) is 6.42 Å². The fourth-order valence-electron chi connectivity index (χ4n) is 3.21. The quantitative estimate of drug-likeness (QED) is 0.792. The Balaban J connectivity index is 1.92. The molecule has 0 aliphatic heterocycles. The highest BCUT2D eigenvalue weighted by atomic mass is 79.9. The monoisotopic (exact) mass is 324 g/mol. The van der Waals surface area contributed by atoms with Crippen molar-refractivity contribution in [1.29, 1.82) is 0 Å². The maximum absolute atomic E-state index is 12.7. The van der Waals surface area contributed by atoms with Crippen molar-refractivity contribution in [1.82, 2.24) is 0 Å². The number of benzene rings is 1. The van der Waals surface area contributed by atoms with Gasteiger partial charge in [0.15, 0.2) is 5.78 Å². The molecule has 1 aromatic rings. The standard InChI is InChI=1S/C15H17BrO3/c1-18-11-6-12(16)14(13(7-11)19-2)15(17)10-4-8-3-9(8)5-10/h6-10H,3-5H2,1-2H3. The van der Waals surface area contributed by atoms with Crippen molar-refractivity contribution in [3.05, 3.63) is 22.2 Å². The molecule has 2 saturated carbocycles. The fourth-order valence-corrected chi connectivity index (χ4v) is 3.83. The zero-order valence-corrected chi connectivity index (χ0v) is 12.7. The van der Waals surface area contributed by atoms with E-state index in [2.05, 4.69) is 15.9 Å². The average molecular weight is 325 g/mol. The third kappa shape index (κ3) is 2.27. The first-order valence-electron chi connectivity index (χ1n) is 6.59. The van der Waals surface area contributed by atoms with Gasteiger partial charge in [0, 0.05) is 16.5 Å². The number of carbonyl (C=O) groups excluding carboxylic acids is 1. The lowest BCUT2D eigenvalue weighted by Gasteiger charge is -2.16. The van der Waals surface area contributed by atoms with Crippen LogP contribution >= 0.6 is 15.9 Å². The van der Waals surface area contributed by atoms with Gasteiger partial charge in [-0.1, -0.05) is 0 Å². The minimum Gasteiger partial charge on any atom is -0.497 e. The van der Waals surface area contributed by atoms with Crippen LogP contribution in [0.3, 0.4) is 0 Å². The lowest BCUT2D eigenvalue weighted by Crippen LogP contribution is -2.15. The predicted octanol–water partition coefficient (Wildman–Crippen LogP) is 3.70. The molecule has 3 nitrogen and oxygen atoms in total. The molecule has 0 bridgehead atoms. The Kier molecular flexibility index (Phi) is 3.29. The molecule has 102 valence electrons. The van der Waals surface area contributed by atoms with Crippen LogP contribution in [0.4, 0.5) is 0 Å². The number of Topliss-reactive ketones (excluding diaryl/α,β-unsaturated/α-hetero) is 1. The first kappa shape index (κ1) is 13.0. The lowest BCUT2D eigenvalue weighted by molar-refractivity contribution is 0.0910. The third-order valence-corrected chi connectivity index (χ3v) is 4.97. The molecule has 0 spiro atoms. The van der Waals surface area contributed by atoms with Crippen molar-refractivity contribution in [3.8, 4) is 11.5 Å². The number of hydrogen-bond acceptors (Lipinski definition) is 3. The Morgan fingerprint density at radius 2 is 1.84 bits per heavy atom. The molecule has 4 heteroatoms. The van der Waals surface area contributed by atoms with Gasteiger partial charge in [-0.25, -0.2) is 0 Å². The lowest BCUT2D eigenvalue weighted by atomic mass is 9.92. The zero-order valence-electron chi connectivity index (χ0n) is 11.1. The summed E-state index contributed by atoms with van der Waals surface area (Å²) in [5.41, 5.74) is 0.662. The second-order valence-corrected chi connectivity index (χ2v) is 6.33. The topological polar surface area (TPSA) is 35.5 Å². The summed E-state index contributed by atoms with van der Waals surface area (Å²) in [6.45, 7) is 0. The van der Waals surface area contributed by atoms with Crippen LogP contribution in [-0.4, -0.2) is 20.0 Å². The van der Waals surface area contributed by atoms with E-state index in [1.54, 1.807) is 20.3 Å². The number of carbonyl (C=O) groups is 1. The van der Waals surface area contributed by atoms with Crippen molar-refractivity contribution in [3.63, 3.8) is 0 Å². The van der Waals surface area contributed by atoms with Gasteiger partial charge in [-0.15, -0.1) is 0 Å². The highest BCUT2D eigenvalue weighted by Crippen LogP contribution is 2.55. The Bertz CT molecular complexity index is 516. The van der Waals surface area contributed by atoms with E-state index in [0.29, 0.717) is 17.1 Å². The van der Waals surface area contributed by atoms with Gasteiger partial charge < -0.3 is 9.47 Å². The predicted molar refractivity (Wildman–Crippen MR) is 75.9 cm³/mol. The first-order chi connectivity index (χ1) is 9.13. The van der Waals surface area contributed by atoms with Crippen molar-refractivity contribution in [2.24, 2.45) is 17.8 Å². The smallest absolute Gasteiger partial charge is 0.170 e. The molecule has 0 saturated heterocycles. The van der Waals surface area contributed by atoms with Crippen LogP contribution in [0.5, 0.6) is 11.5 Å². The summed E-state index contributed by atoms with van der Waals surface area (Å²) in [6.07, 6.45) is 3.42. The van der Waals surface area contributed by atoms with E-state index in [0.717, 1.165) is 29.2 Å². The van der Waals surface area contributed by atoms with Gasteiger partial charge >= 0.3 is 0 Å². The number of fused-ring (bicyclic) bond motifs is 1. The Hall–Kier alpha value is -1.03. The SMILES string of the molecule is COc1cc(Br)c(C(=O)C2CC3CC3C2)c(OC)c1. The molecule has 2 aliphatic rings. The van der Waals surface area contributed by atoms with Gasteiger partial charge in [0.2, 0.25) is 0 Å². The Morgan fingerprint density at radius 1 is 1.16 bits per heavy atom. The molecule has 1 aromatic carbocycles. The van der Waals surface area contributed by atoms with E-state index in [-0.39, 0.29) is 11.7 Å². The molecule has 0 heterocycles. The number of ketones is 1. The summed E-state index contributed by atoms with van der Waals surface area (Å²) >= 11 is 3.47. The number of rotatable bonds is 4. The number of hydrogen-bond donors (Lipinski definition) is 0. The second kappa shape index (κ2) is 4.82. The maximum Gasteiger partial charge on any atom is 0.170 e. The van der Waals surface area contributed by atoms with Crippen molar-refractivity contribution < 1.29 is 14.3 Å². The maximum atomic E-state index is 12.7. The average Bonchev–Trinajstić information content (AvgIpc) is 3.03. The highest BCUT2D eigenvalue weighted by Gasteiger charge is 2.48. The van der Waals surface area contributed by atoms with Crippen molar-refractivity contribution in [2.45, 2.75) is 19.3 Å². The summed E-state index contributed by atoms with van der Waals surface area (Å²) < 4.78 is 11.3. The molecule has 3 rings (SSSR count). The van der Waals surface area contributed by atoms with E-state index in [4.69, 9.17) is 9.47 Å². The van der Waals surface area contributed by atoms with Crippen molar-refractivity contribution in [2.75, 3.05) is 14.2 Å². The normalized spacial score (nSPS) is 27.8. The van der Waals surface area contributed by atoms with Crippen LogP contribution in [0, 0.1) is 17.8 Å². The molecule has 19 heavy (non-hydrogen) atoms. The van der Waals surface area contributed by atoms with Gasteiger partial charge in [-0.2, -0.15) is 0 Å². The largest absolute Gasteiger partial charge is 0.497 e. The molecule has 0 radical (unpaired) electrons. The number of halogens is 1. The molecule has 2 unspecified atom stereocenters. The zero-order chi connectivity index (χ0) is 13.6. The van der Waals surface area contributed by atoms with Gasteiger partial charge in [-0.05, 0) is 53.1 Å². The third-order valence-electron chi connectivity index (χ3n) is 4.34. The van der Waals surface area contributed by atoms with Crippen LogP contribution < -0.4 is 9.47 Å². The molecular formula is C15H17BrO3. The van der Waals surface area contributed by atoms with E-state index >= 15 is 0 Å². The van der Waals surface area contributed by atoms with Crippen LogP contribution in [0.25, 0.3) is 0 Å². The molecule has 0 amide bonds. The summed E-state index contributed by atoms with van der Waals surface area (Å²) in [5, 5.41) is 0. The molecule has 2 aliphatic carbocycles. The highest BCUT2D eigenvalue weighted by molar-refractivity contribution is 9.10. The number of methoxy groups -OCH3 is 2. The fraction of sp³-hybridized carbons (Fsp3) is 0.533. The summed E-state index contributed by atoms with van der Waals surface area (Å²) in [7, 11) is 3.19. The van der Waals surface area contributed by atoms with E-state index in [1.807, 2.05) is 6.07 Å². The van der Waals surface area contributed by atoms with Gasteiger partial charge in [0.25, 0.3) is 0 Å². The second-order valence-electron chi connectivity index (χ2n) is 5.47. The Labute approximate surface area is 121 Å². The van der Waals surface area contributed by atoms with Gasteiger partial charge in [-0.3, -0.25) is 4.79 Å². The minimum absolute atomic E-state index is 0.169. The molecular weight excluding hydrogens is 308 g/mol. The first-order valence-corrected chi connectivity index (χ1v) is 7.39.